The number of methoxy groups -OCH3 is 1. The Morgan fingerprint density at radius 1 is 1.53 bits per heavy atom. The van der Waals surface area contributed by atoms with Gasteiger partial charge in [-0.25, -0.2) is 0 Å². The van der Waals surface area contributed by atoms with E-state index in [1.165, 1.54) is 24.8 Å². The first-order chi connectivity index (χ1) is 7.20. The van der Waals surface area contributed by atoms with Crippen molar-refractivity contribution in [2.75, 3.05) is 7.11 Å². The largest absolute Gasteiger partial charge is 0.495 e. The Kier molecular flexibility index (Phi) is 3.57. The van der Waals surface area contributed by atoms with Gasteiger partial charge in [-0.1, -0.05) is 46.4 Å². The van der Waals surface area contributed by atoms with E-state index in [1.54, 1.807) is 7.11 Å². The van der Waals surface area contributed by atoms with Crippen molar-refractivity contribution in [3.63, 3.8) is 0 Å². The van der Waals surface area contributed by atoms with Crippen LogP contribution in [0.1, 0.15) is 29.7 Å². The van der Waals surface area contributed by atoms with Crippen LogP contribution in [0.5, 0.6) is 5.75 Å². The number of hydrogen-bond acceptors (Lipinski definition) is 1. The lowest BCUT2D eigenvalue weighted by Crippen LogP contribution is -1.92. The van der Waals surface area contributed by atoms with E-state index in [-0.39, 0.29) is 0 Å². The van der Waals surface area contributed by atoms with Crippen molar-refractivity contribution in [1.29, 1.82) is 0 Å². The minimum atomic E-state index is 0.424. The van der Waals surface area contributed by atoms with E-state index < -0.39 is 0 Å². The summed E-state index contributed by atoms with van der Waals surface area (Å²) in [6.07, 6.45) is 3.97. The zero-order valence-corrected chi connectivity index (χ0v) is 11.0. The number of alkyl halides is 1. The summed E-state index contributed by atoms with van der Waals surface area (Å²) in [6.45, 7) is 0. The Balaban J connectivity index is 2.09. The van der Waals surface area contributed by atoms with E-state index in [4.69, 9.17) is 16.3 Å². The average molecular weight is 290 g/mol. The van der Waals surface area contributed by atoms with E-state index in [1.807, 2.05) is 12.1 Å². The molecule has 3 heteroatoms. The van der Waals surface area contributed by atoms with E-state index >= 15 is 0 Å². The standard InChI is InChI=1S/C12H14BrClO/c1-15-12-5-4-9(7-11(12)14)10(13)6-8-2-3-8/h4-5,7-8,10H,2-3,6H2,1H3. The second kappa shape index (κ2) is 4.75. The van der Waals surface area contributed by atoms with Gasteiger partial charge in [0, 0.05) is 4.83 Å². The molecule has 1 aromatic carbocycles. The Morgan fingerprint density at radius 3 is 2.80 bits per heavy atom. The van der Waals surface area contributed by atoms with Gasteiger partial charge < -0.3 is 4.74 Å². The summed E-state index contributed by atoms with van der Waals surface area (Å²) in [7, 11) is 1.64. The molecule has 15 heavy (non-hydrogen) atoms. The molecule has 1 aliphatic carbocycles. The van der Waals surface area contributed by atoms with Crippen LogP contribution in [0.3, 0.4) is 0 Å². The van der Waals surface area contributed by atoms with Crippen LogP contribution >= 0.6 is 27.5 Å². The molecular formula is C12H14BrClO. The van der Waals surface area contributed by atoms with E-state index in [9.17, 15) is 0 Å². The Hall–Kier alpha value is -0.210. The van der Waals surface area contributed by atoms with E-state index in [0.29, 0.717) is 9.85 Å². The van der Waals surface area contributed by atoms with Crippen LogP contribution < -0.4 is 4.74 Å². The lowest BCUT2D eigenvalue weighted by atomic mass is 10.1. The smallest absolute Gasteiger partial charge is 0.137 e. The zero-order valence-electron chi connectivity index (χ0n) is 8.67. The molecule has 1 aliphatic rings. The number of benzene rings is 1. The van der Waals surface area contributed by atoms with Crippen LogP contribution in [-0.4, -0.2) is 7.11 Å². The molecule has 2 rings (SSSR count). The predicted molar refractivity (Wildman–Crippen MR) is 67.0 cm³/mol. The molecule has 0 amide bonds. The molecule has 0 N–H and O–H groups in total. The summed E-state index contributed by atoms with van der Waals surface area (Å²) >= 11 is 9.79. The third kappa shape index (κ3) is 2.88. The topological polar surface area (TPSA) is 9.23 Å². The Morgan fingerprint density at radius 2 is 2.27 bits per heavy atom. The SMILES string of the molecule is COc1ccc(C(Br)CC2CC2)cc1Cl. The summed E-state index contributed by atoms with van der Waals surface area (Å²) in [5.41, 5.74) is 1.24. The lowest BCUT2D eigenvalue weighted by molar-refractivity contribution is 0.415. The van der Waals surface area contributed by atoms with Crippen LogP contribution in [0.15, 0.2) is 18.2 Å². The molecule has 1 atom stereocenters. The highest BCUT2D eigenvalue weighted by Crippen LogP contribution is 2.42. The van der Waals surface area contributed by atoms with Crippen LogP contribution in [0.25, 0.3) is 0 Å². The minimum Gasteiger partial charge on any atom is -0.495 e. The third-order valence-corrected chi connectivity index (χ3v) is 3.97. The van der Waals surface area contributed by atoms with Gasteiger partial charge in [-0.3, -0.25) is 0 Å². The summed E-state index contributed by atoms with van der Waals surface area (Å²) < 4.78 is 5.13. The maximum atomic E-state index is 6.08. The van der Waals surface area contributed by atoms with Crippen LogP contribution in [0.4, 0.5) is 0 Å². The molecule has 0 radical (unpaired) electrons. The van der Waals surface area contributed by atoms with Crippen LogP contribution in [-0.2, 0) is 0 Å². The molecular weight excluding hydrogens is 275 g/mol. The highest BCUT2D eigenvalue weighted by molar-refractivity contribution is 9.09. The highest BCUT2D eigenvalue weighted by Gasteiger charge is 2.25. The second-order valence-electron chi connectivity index (χ2n) is 4.04. The summed E-state index contributed by atoms with van der Waals surface area (Å²) in [5, 5.41) is 0.690. The van der Waals surface area contributed by atoms with E-state index in [2.05, 4.69) is 22.0 Å². The minimum absolute atomic E-state index is 0.424. The molecule has 1 unspecified atom stereocenters. The summed E-state index contributed by atoms with van der Waals surface area (Å²) in [4.78, 5) is 0.424. The van der Waals surface area contributed by atoms with Gasteiger partial charge in [0.2, 0.25) is 0 Å². The van der Waals surface area contributed by atoms with Crippen molar-refractivity contribution in [3.05, 3.63) is 28.8 Å². The fourth-order valence-electron chi connectivity index (χ4n) is 1.66. The molecule has 1 saturated carbocycles. The average Bonchev–Trinajstić information content (AvgIpc) is 3.01. The van der Waals surface area contributed by atoms with Crippen molar-refractivity contribution < 1.29 is 4.74 Å². The zero-order chi connectivity index (χ0) is 10.8. The molecule has 1 aromatic rings. The van der Waals surface area contributed by atoms with Gasteiger partial charge >= 0.3 is 0 Å². The van der Waals surface area contributed by atoms with Gasteiger partial charge in [0.1, 0.15) is 5.75 Å². The van der Waals surface area contributed by atoms with E-state index in [0.717, 1.165) is 11.7 Å². The second-order valence-corrected chi connectivity index (χ2v) is 5.55. The van der Waals surface area contributed by atoms with Gasteiger partial charge in [0.05, 0.1) is 12.1 Å². The number of hydrogen-bond donors (Lipinski definition) is 0. The fraction of sp³-hybridized carbons (Fsp3) is 0.500. The quantitative estimate of drug-likeness (QED) is 0.737. The molecule has 0 spiro atoms. The monoisotopic (exact) mass is 288 g/mol. The van der Waals surface area contributed by atoms with Gasteiger partial charge in [-0.2, -0.15) is 0 Å². The molecule has 1 fully saturated rings. The predicted octanol–water partition coefficient (Wildman–Crippen LogP) is 4.58. The van der Waals surface area contributed by atoms with Gasteiger partial charge in [0.15, 0.2) is 0 Å². The summed E-state index contributed by atoms with van der Waals surface area (Å²) in [5.74, 6) is 1.65. The first-order valence-electron chi connectivity index (χ1n) is 5.18. The maximum Gasteiger partial charge on any atom is 0.137 e. The Labute approximate surface area is 104 Å². The lowest BCUT2D eigenvalue weighted by Gasteiger charge is -2.11. The first-order valence-corrected chi connectivity index (χ1v) is 6.47. The molecule has 0 heterocycles. The maximum absolute atomic E-state index is 6.08. The first kappa shape index (κ1) is 11.3. The fourth-order valence-corrected chi connectivity index (χ4v) is 2.74. The molecule has 82 valence electrons. The highest BCUT2D eigenvalue weighted by atomic mass is 79.9. The van der Waals surface area contributed by atoms with Crippen LogP contribution in [0.2, 0.25) is 5.02 Å². The Bertz CT molecular complexity index is 349. The molecule has 1 nitrogen and oxygen atoms in total. The molecule has 0 bridgehead atoms. The van der Waals surface area contributed by atoms with Gasteiger partial charge in [-0.15, -0.1) is 0 Å². The molecule has 0 saturated heterocycles. The third-order valence-electron chi connectivity index (χ3n) is 2.77. The van der Waals surface area contributed by atoms with Crippen molar-refractivity contribution in [3.8, 4) is 5.75 Å². The van der Waals surface area contributed by atoms with Crippen molar-refractivity contribution in [2.45, 2.75) is 24.1 Å². The molecule has 0 aromatic heterocycles. The van der Waals surface area contributed by atoms with Crippen molar-refractivity contribution in [2.24, 2.45) is 5.92 Å². The number of ether oxygens (including phenoxy) is 1. The van der Waals surface area contributed by atoms with Crippen molar-refractivity contribution >= 4 is 27.5 Å². The van der Waals surface area contributed by atoms with Gasteiger partial charge in [-0.05, 0) is 30.0 Å². The summed E-state index contributed by atoms with van der Waals surface area (Å²) in [6, 6.07) is 5.99. The van der Waals surface area contributed by atoms with Crippen LogP contribution in [0, 0.1) is 5.92 Å². The molecule has 0 aliphatic heterocycles. The number of halogens is 2. The number of rotatable bonds is 4. The van der Waals surface area contributed by atoms with Gasteiger partial charge in [0.25, 0.3) is 0 Å². The van der Waals surface area contributed by atoms with Crippen molar-refractivity contribution in [1.82, 2.24) is 0 Å². The normalized spacial score (nSPS) is 17.5.